The standard InChI is InChI=1S/C23H25FN4O3/c1-15-5-6-19-20(9-15)28(22(29)13-26-19)14-27-8-7-18(11-21(27)23(30)31)25-12-16-3-2-4-17(24)10-16/h2-6,9-10,13,18,21,25H,7-8,11-12,14H2,1H3,(H,30,31). The van der Waals surface area contributed by atoms with Gasteiger partial charge < -0.3 is 10.4 Å². The van der Waals surface area contributed by atoms with Crippen molar-refractivity contribution in [1.29, 1.82) is 0 Å². The Hall–Kier alpha value is -3.10. The summed E-state index contributed by atoms with van der Waals surface area (Å²) in [5.41, 5.74) is 2.96. The van der Waals surface area contributed by atoms with E-state index < -0.39 is 12.0 Å². The van der Waals surface area contributed by atoms with E-state index >= 15 is 0 Å². The maximum absolute atomic E-state index is 13.4. The number of likely N-dealkylation sites (tertiary alicyclic amines) is 1. The lowest BCUT2D eigenvalue weighted by molar-refractivity contribution is -0.146. The zero-order chi connectivity index (χ0) is 22.0. The molecule has 0 radical (unpaired) electrons. The van der Waals surface area contributed by atoms with Gasteiger partial charge in [0.05, 0.1) is 23.9 Å². The summed E-state index contributed by atoms with van der Waals surface area (Å²) in [4.78, 5) is 30.6. The van der Waals surface area contributed by atoms with Gasteiger partial charge in [0, 0.05) is 19.1 Å². The van der Waals surface area contributed by atoms with Gasteiger partial charge in [-0.1, -0.05) is 18.2 Å². The molecule has 1 aliphatic rings. The van der Waals surface area contributed by atoms with E-state index in [1.165, 1.54) is 18.3 Å². The van der Waals surface area contributed by atoms with Crippen molar-refractivity contribution in [3.05, 3.63) is 76.0 Å². The lowest BCUT2D eigenvalue weighted by Crippen LogP contribution is -2.52. The third-order valence-corrected chi connectivity index (χ3v) is 5.81. The number of nitrogens with one attached hydrogen (secondary N) is 1. The van der Waals surface area contributed by atoms with Gasteiger partial charge in [-0.25, -0.2) is 9.37 Å². The zero-order valence-electron chi connectivity index (χ0n) is 17.3. The van der Waals surface area contributed by atoms with Crippen molar-refractivity contribution in [2.24, 2.45) is 0 Å². The van der Waals surface area contributed by atoms with E-state index in [0.717, 1.165) is 17.5 Å². The molecule has 162 valence electrons. The molecule has 2 atom stereocenters. The van der Waals surface area contributed by atoms with Crippen LogP contribution in [0.1, 0.15) is 24.0 Å². The first-order valence-electron chi connectivity index (χ1n) is 10.3. The second kappa shape index (κ2) is 8.95. The summed E-state index contributed by atoms with van der Waals surface area (Å²) in [6, 6.07) is 11.3. The van der Waals surface area contributed by atoms with Crippen molar-refractivity contribution < 1.29 is 14.3 Å². The zero-order valence-corrected chi connectivity index (χ0v) is 17.3. The van der Waals surface area contributed by atoms with Crippen molar-refractivity contribution >= 4 is 17.0 Å². The number of benzene rings is 2. The Balaban J connectivity index is 1.50. The first-order valence-corrected chi connectivity index (χ1v) is 10.3. The molecule has 0 amide bonds. The van der Waals surface area contributed by atoms with Crippen LogP contribution in [0.5, 0.6) is 0 Å². The van der Waals surface area contributed by atoms with Crippen LogP contribution in [0.4, 0.5) is 4.39 Å². The highest BCUT2D eigenvalue weighted by molar-refractivity contribution is 5.75. The van der Waals surface area contributed by atoms with Crippen LogP contribution >= 0.6 is 0 Å². The van der Waals surface area contributed by atoms with Crippen LogP contribution in [0.3, 0.4) is 0 Å². The van der Waals surface area contributed by atoms with E-state index in [-0.39, 0.29) is 24.1 Å². The van der Waals surface area contributed by atoms with E-state index in [2.05, 4.69) is 10.3 Å². The van der Waals surface area contributed by atoms with Crippen molar-refractivity contribution in [2.45, 2.75) is 45.1 Å². The van der Waals surface area contributed by atoms with Crippen LogP contribution in [0.2, 0.25) is 0 Å². The molecule has 2 unspecified atom stereocenters. The third-order valence-electron chi connectivity index (χ3n) is 5.81. The van der Waals surface area contributed by atoms with Gasteiger partial charge in [0.2, 0.25) is 0 Å². The maximum atomic E-state index is 13.4. The number of aliphatic carboxylic acids is 1. The number of nitrogens with zero attached hydrogens (tertiary/aromatic N) is 3. The predicted molar refractivity (Wildman–Crippen MR) is 115 cm³/mol. The van der Waals surface area contributed by atoms with E-state index in [0.29, 0.717) is 30.5 Å². The molecule has 2 heterocycles. The Morgan fingerprint density at radius 1 is 1.29 bits per heavy atom. The largest absolute Gasteiger partial charge is 0.480 e. The third kappa shape index (κ3) is 4.81. The molecule has 4 rings (SSSR count). The molecule has 0 spiro atoms. The Morgan fingerprint density at radius 3 is 2.90 bits per heavy atom. The number of carboxylic acids is 1. The highest BCUT2D eigenvalue weighted by Gasteiger charge is 2.33. The Bertz CT molecular complexity index is 1160. The molecule has 3 aromatic rings. The van der Waals surface area contributed by atoms with E-state index in [1.54, 1.807) is 10.6 Å². The minimum absolute atomic E-state index is 0.00577. The first kappa shape index (κ1) is 21.1. The number of carboxylic acid groups (broad SMARTS) is 1. The minimum Gasteiger partial charge on any atom is -0.480 e. The van der Waals surface area contributed by atoms with Gasteiger partial charge >= 0.3 is 5.97 Å². The van der Waals surface area contributed by atoms with Crippen molar-refractivity contribution in [3.8, 4) is 0 Å². The molecule has 1 saturated heterocycles. The average Bonchev–Trinajstić information content (AvgIpc) is 2.75. The topological polar surface area (TPSA) is 87.5 Å². The fourth-order valence-corrected chi connectivity index (χ4v) is 4.13. The lowest BCUT2D eigenvalue weighted by atomic mass is 9.97. The molecule has 1 aromatic heterocycles. The van der Waals surface area contributed by atoms with Gasteiger partial charge in [-0.3, -0.25) is 19.1 Å². The molecule has 7 nitrogen and oxygen atoms in total. The molecule has 0 aliphatic carbocycles. The van der Waals surface area contributed by atoms with Gasteiger partial charge in [-0.2, -0.15) is 0 Å². The number of piperidine rings is 1. The summed E-state index contributed by atoms with van der Waals surface area (Å²) in [6.45, 7) is 3.13. The van der Waals surface area contributed by atoms with Crippen molar-refractivity contribution in [1.82, 2.24) is 19.8 Å². The normalized spacial score (nSPS) is 19.5. The average molecular weight is 424 g/mol. The minimum atomic E-state index is -0.917. The number of carbonyl (C=O) groups is 1. The summed E-state index contributed by atoms with van der Waals surface area (Å²) in [6.07, 6.45) is 2.41. The molecular formula is C23H25FN4O3. The number of halogens is 1. The number of aryl methyl sites for hydroxylation is 1. The highest BCUT2D eigenvalue weighted by Crippen LogP contribution is 2.21. The molecule has 0 saturated carbocycles. The van der Waals surface area contributed by atoms with Crippen LogP contribution in [0.15, 0.2) is 53.5 Å². The lowest BCUT2D eigenvalue weighted by Gasteiger charge is -2.37. The van der Waals surface area contributed by atoms with E-state index in [1.807, 2.05) is 36.1 Å². The van der Waals surface area contributed by atoms with Crippen molar-refractivity contribution in [2.75, 3.05) is 6.54 Å². The highest BCUT2D eigenvalue weighted by atomic mass is 19.1. The Kier molecular flexibility index (Phi) is 6.11. The van der Waals surface area contributed by atoms with Crippen molar-refractivity contribution in [3.63, 3.8) is 0 Å². The quantitative estimate of drug-likeness (QED) is 0.632. The second-order valence-electron chi connectivity index (χ2n) is 8.06. The second-order valence-corrected chi connectivity index (χ2v) is 8.06. The molecule has 0 bridgehead atoms. The van der Waals surface area contributed by atoms with E-state index in [9.17, 15) is 19.1 Å². The number of hydrogen-bond acceptors (Lipinski definition) is 5. The molecular weight excluding hydrogens is 399 g/mol. The fraction of sp³-hybridized carbons (Fsp3) is 0.348. The molecule has 2 aromatic carbocycles. The molecule has 1 aliphatic heterocycles. The summed E-state index contributed by atoms with van der Waals surface area (Å²) < 4.78 is 15.0. The molecule has 31 heavy (non-hydrogen) atoms. The molecule has 1 fully saturated rings. The van der Waals surface area contributed by atoms with Crippen LogP contribution in [0, 0.1) is 12.7 Å². The van der Waals surface area contributed by atoms with Gasteiger partial charge in [0.25, 0.3) is 5.56 Å². The SMILES string of the molecule is Cc1ccc2ncc(=O)n(CN3CCC(NCc4cccc(F)c4)CC3C(=O)O)c2c1. The maximum Gasteiger partial charge on any atom is 0.321 e. The summed E-state index contributed by atoms with van der Waals surface area (Å²) >= 11 is 0. The molecule has 2 N–H and O–H groups in total. The summed E-state index contributed by atoms with van der Waals surface area (Å²) in [5.74, 6) is -1.21. The first-order chi connectivity index (χ1) is 14.9. The van der Waals surface area contributed by atoms with Crippen LogP contribution in [-0.4, -0.2) is 44.2 Å². The van der Waals surface area contributed by atoms with Gasteiger partial charge in [0.1, 0.15) is 11.9 Å². The fourth-order valence-electron chi connectivity index (χ4n) is 4.13. The van der Waals surface area contributed by atoms with E-state index in [4.69, 9.17) is 0 Å². The predicted octanol–water partition coefficient (Wildman–Crippen LogP) is 2.51. The van der Waals surface area contributed by atoms with Crippen LogP contribution in [0.25, 0.3) is 11.0 Å². The molecule has 8 heteroatoms. The van der Waals surface area contributed by atoms with Gasteiger partial charge in [0.15, 0.2) is 0 Å². The number of aromatic nitrogens is 2. The summed E-state index contributed by atoms with van der Waals surface area (Å²) in [5, 5.41) is 13.2. The smallest absolute Gasteiger partial charge is 0.321 e. The van der Waals surface area contributed by atoms with Crippen LogP contribution < -0.4 is 10.9 Å². The monoisotopic (exact) mass is 424 g/mol. The van der Waals surface area contributed by atoms with Crippen LogP contribution in [-0.2, 0) is 18.0 Å². The van der Waals surface area contributed by atoms with Gasteiger partial charge in [-0.05, 0) is 55.2 Å². The number of rotatable bonds is 6. The Labute approximate surface area is 179 Å². The Morgan fingerprint density at radius 2 is 2.13 bits per heavy atom. The number of fused-ring (bicyclic) bond motifs is 1. The van der Waals surface area contributed by atoms with Gasteiger partial charge in [-0.15, -0.1) is 0 Å². The summed E-state index contributed by atoms with van der Waals surface area (Å²) in [7, 11) is 0. The number of hydrogen-bond donors (Lipinski definition) is 2.